The SMILES string of the molecule is COCC(NC(=O)c1ccccc1OC)c1ccc(C)o1. The van der Waals surface area contributed by atoms with E-state index in [1.54, 1.807) is 25.3 Å². The van der Waals surface area contributed by atoms with Crippen molar-refractivity contribution >= 4 is 5.91 Å². The number of rotatable bonds is 6. The van der Waals surface area contributed by atoms with Gasteiger partial charge < -0.3 is 19.2 Å². The van der Waals surface area contributed by atoms with Gasteiger partial charge in [-0.3, -0.25) is 4.79 Å². The fourth-order valence-corrected chi connectivity index (χ4v) is 2.07. The molecule has 1 heterocycles. The molecule has 1 aromatic heterocycles. The van der Waals surface area contributed by atoms with E-state index >= 15 is 0 Å². The Morgan fingerprint density at radius 1 is 1.24 bits per heavy atom. The van der Waals surface area contributed by atoms with Gasteiger partial charge in [-0.25, -0.2) is 0 Å². The number of para-hydroxylation sites is 1. The number of furan rings is 1. The van der Waals surface area contributed by atoms with Gasteiger partial charge >= 0.3 is 0 Å². The Morgan fingerprint density at radius 2 is 2.00 bits per heavy atom. The summed E-state index contributed by atoms with van der Waals surface area (Å²) in [6.45, 7) is 2.18. The topological polar surface area (TPSA) is 60.7 Å². The van der Waals surface area contributed by atoms with Crippen molar-refractivity contribution in [3.05, 3.63) is 53.5 Å². The first-order valence-electron chi connectivity index (χ1n) is 6.65. The molecule has 2 aromatic rings. The van der Waals surface area contributed by atoms with Gasteiger partial charge in [-0.05, 0) is 31.2 Å². The van der Waals surface area contributed by atoms with Crippen molar-refractivity contribution in [1.82, 2.24) is 5.32 Å². The minimum atomic E-state index is -0.346. The molecule has 112 valence electrons. The molecule has 0 aliphatic rings. The lowest BCUT2D eigenvalue weighted by Gasteiger charge is -2.17. The number of hydrogen-bond acceptors (Lipinski definition) is 4. The molecule has 21 heavy (non-hydrogen) atoms. The average molecular weight is 289 g/mol. The van der Waals surface area contributed by atoms with Crippen LogP contribution in [0.4, 0.5) is 0 Å². The fraction of sp³-hybridized carbons (Fsp3) is 0.312. The van der Waals surface area contributed by atoms with Gasteiger partial charge in [0.25, 0.3) is 5.91 Å². The summed E-state index contributed by atoms with van der Waals surface area (Å²) in [5.74, 6) is 1.75. The fourth-order valence-electron chi connectivity index (χ4n) is 2.07. The van der Waals surface area contributed by atoms with Crippen LogP contribution in [-0.4, -0.2) is 26.7 Å². The first kappa shape index (κ1) is 15.1. The third-order valence-electron chi connectivity index (χ3n) is 3.09. The molecule has 0 saturated carbocycles. The average Bonchev–Trinajstić information content (AvgIpc) is 2.93. The van der Waals surface area contributed by atoms with Crippen molar-refractivity contribution in [1.29, 1.82) is 0 Å². The largest absolute Gasteiger partial charge is 0.496 e. The van der Waals surface area contributed by atoms with Crippen LogP contribution >= 0.6 is 0 Å². The van der Waals surface area contributed by atoms with Gasteiger partial charge in [-0.15, -0.1) is 0 Å². The second-order valence-electron chi connectivity index (χ2n) is 4.63. The maximum Gasteiger partial charge on any atom is 0.255 e. The summed E-state index contributed by atoms with van der Waals surface area (Å²) in [4.78, 5) is 12.4. The zero-order chi connectivity index (χ0) is 15.2. The van der Waals surface area contributed by atoms with Gasteiger partial charge in [-0.1, -0.05) is 12.1 Å². The summed E-state index contributed by atoms with van der Waals surface area (Å²) < 4.78 is 15.9. The summed E-state index contributed by atoms with van der Waals surface area (Å²) in [6, 6.07) is 10.4. The summed E-state index contributed by atoms with van der Waals surface area (Å²) in [5, 5.41) is 2.90. The molecule has 1 unspecified atom stereocenters. The van der Waals surface area contributed by atoms with Crippen molar-refractivity contribution in [2.24, 2.45) is 0 Å². The Hall–Kier alpha value is -2.27. The van der Waals surface area contributed by atoms with Crippen molar-refractivity contribution in [3.63, 3.8) is 0 Å². The molecule has 0 bridgehead atoms. The van der Waals surface area contributed by atoms with Crippen LogP contribution in [0, 0.1) is 6.92 Å². The zero-order valence-electron chi connectivity index (χ0n) is 12.4. The third kappa shape index (κ3) is 3.64. The number of carbonyl (C=O) groups excluding carboxylic acids is 1. The Labute approximate surface area is 123 Å². The van der Waals surface area contributed by atoms with Crippen LogP contribution in [0.25, 0.3) is 0 Å². The van der Waals surface area contributed by atoms with Gasteiger partial charge in [0.15, 0.2) is 0 Å². The molecule has 1 N–H and O–H groups in total. The molecule has 0 aliphatic carbocycles. The van der Waals surface area contributed by atoms with Crippen LogP contribution in [0.15, 0.2) is 40.8 Å². The normalized spacial score (nSPS) is 12.0. The summed E-state index contributed by atoms with van der Waals surface area (Å²) in [7, 11) is 3.12. The molecule has 5 nitrogen and oxygen atoms in total. The summed E-state index contributed by atoms with van der Waals surface area (Å²) in [5.41, 5.74) is 0.476. The molecule has 1 amide bonds. The number of ether oxygens (including phenoxy) is 2. The highest BCUT2D eigenvalue weighted by molar-refractivity contribution is 5.97. The highest BCUT2D eigenvalue weighted by Crippen LogP contribution is 2.21. The van der Waals surface area contributed by atoms with E-state index in [0.29, 0.717) is 23.7 Å². The van der Waals surface area contributed by atoms with E-state index in [1.807, 2.05) is 25.1 Å². The molecule has 0 radical (unpaired) electrons. The highest BCUT2D eigenvalue weighted by Gasteiger charge is 2.20. The monoisotopic (exact) mass is 289 g/mol. The number of nitrogens with one attached hydrogen (secondary N) is 1. The molecule has 0 fully saturated rings. The van der Waals surface area contributed by atoms with Crippen molar-refractivity contribution in [2.75, 3.05) is 20.8 Å². The highest BCUT2D eigenvalue weighted by atomic mass is 16.5. The van der Waals surface area contributed by atoms with E-state index in [4.69, 9.17) is 13.9 Å². The third-order valence-corrected chi connectivity index (χ3v) is 3.09. The Bertz CT molecular complexity index is 606. The molecule has 2 rings (SSSR count). The van der Waals surface area contributed by atoms with Crippen LogP contribution in [-0.2, 0) is 4.74 Å². The summed E-state index contributed by atoms with van der Waals surface area (Å²) >= 11 is 0. The first-order chi connectivity index (χ1) is 10.2. The van der Waals surface area contributed by atoms with Crippen LogP contribution in [0.3, 0.4) is 0 Å². The molecule has 1 atom stereocenters. The van der Waals surface area contributed by atoms with Gasteiger partial charge in [0, 0.05) is 7.11 Å². The first-order valence-corrected chi connectivity index (χ1v) is 6.65. The number of carbonyl (C=O) groups is 1. The Kier molecular flexibility index (Phi) is 5.00. The number of amides is 1. The Morgan fingerprint density at radius 3 is 2.62 bits per heavy atom. The molecule has 0 spiro atoms. The Balaban J connectivity index is 2.18. The van der Waals surface area contributed by atoms with Crippen LogP contribution < -0.4 is 10.1 Å². The lowest BCUT2D eigenvalue weighted by atomic mass is 10.1. The number of benzene rings is 1. The van der Waals surface area contributed by atoms with Crippen molar-refractivity contribution < 1.29 is 18.7 Å². The maximum absolute atomic E-state index is 12.4. The standard InChI is InChI=1S/C16H19NO4/c1-11-8-9-15(21-11)13(10-19-2)17-16(18)12-6-4-5-7-14(12)20-3/h4-9,13H,10H2,1-3H3,(H,17,18). The lowest BCUT2D eigenvalue weighted by Crippen LogP contribution is -2.31. The molecular weight excluding hydrogens is 270 g/mol. The van der Waals surface area contributed by atoms with E-state index < -0.39 is 0 Å². The predicted octanol–water partition coefficient (Wildman–Crippen LogP) is 2.71. The number of aryl methyl sites for hydroxylation is 1. The summed E-state index contributed by atoms with van der Waals surface area (Å²) in [6.07, 6.45) is 0. The van der Waals surface area contributed by atoms with Crippen LogP contribution in [0.2, 0.25) is 0 Å². The molecule has 0 saturated heterocycles. The number of hydrogen-bond donors (Lipinski definition) is 1. The van der Waals surface area contributed by atoms with E-state index in [9.17, 15) is 4.79 Å². The second kappa shape index (κ2) is 6.95. The van der Waals surface area contributed by atoms with Gasteiger partial charge in [0.05, 0.1) is 19.3 Å². The number of methoxy groups -OCH3 is 2. The molecule has 1 aromatic carbocycles. The molecule has 5 heteroatoms. The molecule has 0 aliphatic heterocycles. The van der Waals surface area contributed by atoms with E-state index in [-0.39, 0.29) is 11.9 Å². The minimum absolute atomic E-state index is 0.233. The quantitative estimate of drug-likeness (QED) is 0.888. The smallest absolute Gasteiger partial charge is 0.255 e. The van der Waals surface area contributed by atoms with Gasteiger partial charge in [0.2, 0.25) is 0 Å². The van der Waals surface area contributed by atoms with Crippen molar-refractivity contribution in [3.8, 4) is 5.75 Å². The van der Waals surface area contributed by atoms with Gasteiger partial charge in [-0.2, -0.15) is 0 Å². The van der Waals surface area contributed by atoms with E-state index in [1.165, 1.54) is 7.11 Å². The zero-order valence-corrected chi connectivity index (χ0v) is 12.4. The maximum atomic E-state index is 12.4. The minimum Gasteiger partial charge on any atom is -0.496 e. The predicted molar refractivity (Wildman–Crippen MR) is 78.5 cm³/mol. The van der Waals surface area contributed by atoms with Crippen LogP contribution in [0.1, 0.15) is 27.9 Å². The second-order valence-corrected chi connectivity index (χ2v) is 4.63. The van der Waals surface area contributed by atoms with E-state index in [2.05, 4.69) is 5.32 Å². The van der Waals surface area contributed by atoms with E-state index in [0.717, 1.165) is 5.76 Å². The molecular formula is C16H19NO4. The lowest BCUT2D eigenvalue weighted by molar-refractivity contribution is 0.0879. The van der Waals surface area contributed by atoms with Gasteiger partial charge in [0.1, 0.15) is 23.3 Å². The van der Waals surface area contributed by atoms with Crippen LogP contribution in [0.5, 0.6) is 5.75 Å². The van der Waals surface area contributed by atoms with Crippen molar-refractivity contribution in [2.45, 2.75) is 13.0 Å².